The standard InChI is InChI=1S/C7H11F3N2O/c1-2-5(7(8,9)10)12-4-3-6(13)11-12/h5H,2-4H2,1H3,(H,11,13)/t5-/m0/s1. The smallest absolute Gasteiger partial charge is 0.288 e. The van der Waals surface area contributed by atoms with E-state index in [1.807, 2.05) is 0 Å². The van der Waals surface area contributed by atoms with Gasteiger partial charge in [-0.15, -0.1) is 0 Å². The van der Waals surface area contributed by atoms with Crippen LogP contribution in [0.5, 0.6) is 0 Å². The minimum Gasteiger partial charge on any atom is -0.288 e. The van der Waals surface area contributed by atoms with Gasteiger partial charge in [0.05, 0.1) is 0 Å². The Kier molecular flexibility index (Phi) is 2.80. The van der Waals surface area contributed by atoms with Crippen LogP contribution in [0.3, 0.4) is 0 Å². The fourth-order valence-electron chi connectivity index (χ4n) is 1.36. The van der Waals surface area contributed by atoms with Crippen molar-refractivity contribution in [3.8, 4) is 0 Å². The van der Waals surface area contributed by atoms with Gasteiger partial charge in [-0.05, 0) is 6.42 Å². The molecule has 1 rings (SSSR count). The van der Waals surface area contributed by atoms with Gasteiger partial charge in [0, 0.05) is 13.0 Å². The van der Waals surface area contributed by atoms with Crippen molar-refractivity contribution in [3.63, 3.8) is 0 Å². The van der Waals surface area contributed by atoms with Crippen molar-refractivity contribution in [1.29, 1.82) is 0 Å². The largest absolute Gasteiger partial charge is 0.405 e. The number of amides is 1. The number of alkyl halides is 3. The third kappa shape index (κ3) is 2.33. The second kappa shape index (κ2) is 3.53. The molecule has 0 radical (unpaired) electrons. The molecule has 1 aliphatic rings. The summed E-state index contributed by atoms with van der Waals surface area (Å²) in [4.78, 5) is 10.7. The molecule has 0 aromatic heterocycles. The van der Waals surface area contributed by atoms with Crippen LogP contribution in [0.2, 0.25) is 0 Å². The van der Waals surface area contributed by atoms with E-state index in [2.05, 4.69) is 5.43 Å². The summed E-state index contributed by atoms with van der Waals surface area (Å²) in [5, 5.41) is 0.961. The molecular formula is C7H11F3N2O. The fourth-order valence-corrected chi connectivity index (χ4v) is 1.36. The van der Waals surface area contributed by atoms with E-state index >= 15 is 0 Å². The molecule has 1 amide bonds. The molecule has 1 aliphatic heterocycles. The Morgan fingerprint density at radius 2 is 2.23 bits per heavy atom. The van der Waals surface area contributed by atoms with E-state index in [1.54, 1.807) is 0 Å². The second-order valence-electron chi connectivity index (χ2n) is 2.94. The Hall–Kier alpha value is -0.780. The highest BCUT2D eigenvalue weighted by atomic mass is 19.4. The van der Waals surface area contributed by atoms with E-state index < -0.39 is 12.2 Å². The van der Waals surface area contributed by atoms with E-state index in [0.29, 0.717) is 0 Å². The Morgan fingerprint density at radius 3 is 2.54 bits per heavy atom. The molecule has 3 nitrogen and oxygen atoms in total. The molecule has 1 atom stereocenters. The highest BCUT2D eigenvalue weighted by Gasteiger charge is 2.44. The number of carbonyl (C=O) groups excluding carboxylic acids is 1. The lowest BCUT2D eigenvalue weighted by Gasteiger charge is -2.27. The van der Waals surface area contributed by atoms with Gasteiger partial charge in [0.1, 0.15) is 6.04 Å². The minimum absolute atomic E-state index is 0.0518. The summed E-state index contributed by atoms with van der Waals surface area (Å²) < 4.78 is 36.9. The maximum absolute atomic E-state index is 12.3. The summed E-state index contributed by atoms with van der Waals surface area (Å²) >= 11 is 0. The van der Waals surface area contributed by atoms with Crippen LogP contribution < -0.4 is 5.43 Å². The maximum atomic E-state index is 12.3. The van der Waals surface area contributed by atoms with Crippen molar-refractivity contribution in [2.24, 2.45) is 0 Å². The molecule has 1 heterocycles. The Balaban J connectivity index is 2.62. The van der Waals surface area contributed by atoms with Gasteiger partial charge >= 0.3 is 6.18 Å². The third-order valence-corrected chi connectivity index (χ3v) is 1.99. The van der Waals surface area contributed by atoms with Crippen molar-refractivity contribution in [1.82, 2.24) is 10.4 Å². The number of carbonyl (C=O) groups is 1. The van der Waals surface area contributed by atoms with Crippen LogP contribution in [0.25, 0.3) is 0 Å². The van der Waals surface area contributed by atoms with Crippen LogP contribution >= 0.6 is 0 Å². The van der Waals surface area contributed by atoms with Crippen LogP contribution in [-0.2, 0) is 4.79 Å². The number of nitrogens with one attached hydrogen (secondary N) is 1. The lowest BCUT2D eigenvalue weighted by atomic mass is 10.2. The summed E-state index contributed by atoms with van der Waals surface area (Å²) in [6, 6.07) is -1.56. The summed E-state index contributed by atoms with van der Waals surface area (Å²) in [5.74, 6) is -0.345. The summed E-state index contributed by atoms with van der Waals surface area (Å²) in [6.45, 7) is 1.58. The van der Waals surface area contributed by atoms with Gasteiger partial charge in [-0.2, -0.15) is 13.2 Å². The monoisotopic (exact) mass is 196 g/mol. The maximum Gasteiger partial charge on any atom is 0.405 e. The lowest BCUT2D eigenvalue weighted by molar-refractivity contribution is -0.188. The molecule has 0 aromatic rings. The van der Waals surface area contributed by atoms with E-state index in [-0.39, 0.29) is 25.3 Å². The highest BCUT2D eigenvalue weighted by Crippen LogP contribution is 2.27. The van der Waals surface area contributed by atoms with Crippen LogP contribution in [0.4, 0.5) is 13.2 Å². The van der Waals surface area contributed by atoms with Gasteiger partial charge < -0.3 is 0 Å². The van der Waals surface area contributed by atoms with E-state index in [9.17, 15) is 18.0 Å². The number of nitrogens with zero attached hydrogens (tertiary/aromatic N) is 1. The van der Waals surface area contributed by atoms with E-state index in [4.69, 9.17) is 0 Å². The number of halogens is 3. The zero-order valence-corrected chi connectivity index (χ0v) is 7.19. The first-order valence-corrected chi connectivity index (χ1v) is 4.08. The lowest BCUT2D eigenvalue weighted by Crippen LogP contribution is -2.49. The number of hydrogen-bond donors (Lipinski definition) is 1. The molecule has 0 aromatic carbocycles. The molecular weight excluding hydrogens is 185 g/mol. The van der Waals surface area contributed by atoms with Gasteiger partial charge in [0.2, 0.25) is 5.91 Å². The molecule has 0 aliphatic carbocycles. The molecule has 13 heavy (non-hydrogen) atoms. The zero-order chi connectivity index (χ0) is 10.1. The molecule has 0 saturated carbocycles. The van der Waals surface area contributed by atoms with Crippen LogP contribution in [0.1, 0.15) is 19.8 Å². The van der Waals surface area contributed by atoms with Crippen molar-refractivity contribution in [3.05, 3.63) is 0 Å². The Morgan fingerprint density at radius 1 is 1.62 bits per heavy atom. The van der Waals surface area contributed by atoms with Crippen molar-refractivity contribution in [2.75, 3.05) is 6.54 Å². The van der Waals surface area contributed by atoms with Crippen molar-refractivity contribution >= 4 is 5.91 Å². The first-order valence-electron chi connectivity index (χ1n) is 4.08. The van der Waals surface area contributed by atoms with Gasteiger partial charge in [-0.1, -0.05) is 6.92 Å². The number of rotatable bonds is 2. The molecule has 1 saturated heterocycles. The summed E-state index contributed by atoms with van der Waals surface area (Å²) in [6.07, 6.45) is -4.18. The minimum atomic E-state index is -4.27. The summed E-state index contributed by atoms with van der Waals surface area (Å²) in [7, 11) is 0. The molecule has 0 unspecified atom stereocenters. The Bertz CT molecular complexity index is 204. The number of hydrogen-bond acceptors (Lipinski definition) is 2. The predicted octanol–water partition coefficient (Wildman–Crippen LogP) is 1.06. The predicted molar refractivity (Wildman–Crippen MR) is 39.6 cm³/mol. The molecule has 6 heteroatoms. The van der Waals surface area contributed by atoms with Crippen molar-refractivity contribution < 1.29 is 18.0 Å². The summed E-state index contributed by atoms with van der Waals surface area (Å²) in [5.41, 5.74) is 2.19. The fraction of sp³-hybridized carbons (Fsp3) is 0.857. The molecule has 1 fully saturated rings. The van der Waals surface area contributed by atoms with Crippen LogP contribution in [0, 0.1) is 0 Å². The molecule has 76 valence electrons. The zero-order valence-electron chi connectivity index (χ0n) is 7.19. The van der Waals surface area contributed by atoms with Gasteiger partial charge in [-0.25, -0.2) is 5.01 Å². The first kappa shape index (κ1) is 10.3. The highest BCUT2D eigenvalue weighted by molar-refractivity contribution is 5.77. The molecule has 0 bridgehead atoms. The van der Waals surface area contributed by atoms with Gasteiger partial charge in [0.25, 0.3) is 0 Å². The van der Waals surface area contributed by atoms with Crippen LogP contribution in [-0.4, -0.2) is 29.7 Å². The van der Waals surface area contributed by atoms with Crippen LogP contribution in [0.15, 0.2) is 0 Å². The SMILES string of the molecule is CC[C@H](N1CCC(=O)N1)C(F)(F)F. The Labute approximate surface area is 73.9 Å². The average molecular weight is 196 g/mol. The topological polar surface area (TPSA) is 32.3 Å². The first-order chi connectivity index (χ1) is 5.95. The van der Waals surface area contributed by atoms with E-state index in [1.165, 1.54) is 6.92 Å². The quantitative estimate of drug-likeness (QED) is 0.716. The molecule has 0 spiro atoms. The third-order valence-electron chi connectivity index (χ3n) is 1.99. The van der Waals surface area contributed by atoms with E-state index in [0.717, 1.165) is 5.01 Å². The van der Waals surface area contributed by atoms with Gasteiger partial charge in [-0.3, -0.25) is 10.2 Å². The van der Waals surface area contributed by atoms with Crippen molar-refractivity contribution in [2.45, 2.75) is 32.0 Å². The average Bonchev–Trinajstić information content (AvgIpc) is 2.34. The number of hydrazine groups is 1. The molecule has 1 N–H and O–H groups in total. The normalized spacial score (nSPS) is 21.7. The second-order valence-corrected chi connectivity index (χ2v) is 2.94. The van der Waals surface area contributed by atoms with Gasteiger partial charge in [0.15, 0.2) is 0 Å².